The molecule has 150 valence electrons. The summed E-state index contributed by atoms with van der Waals surface area (Å²) in [7, 11) is 1.73. The van der Waals surface area contributed by atoms with Gasteiger partial charge in [0.15, 0.2) is 6.61 Å². The number of aromatic nitrogens is 3. The highest BCUT2D eigenvalue weighted by Crippen LogP contribution is 2.25. The zero-order valence-electron chi connectivity index (χ0n) is 16.6. The zero-order valence-corrected chi connectivity index (χ0v) is 16.6. The monoisotopic (exact) mass is 400 g/mol. The van der Waals surface area contributed by atoms with Gasteiger partial charge in [-0.1, -0.05) is 48.5 Å². The van der Waals surface area contributed by atoms with E-state index in [1.54, 1.807) is 23.9 Å². The summed E-state index contributed by atoms with van der Waals surface area (Å²) in [6.45, 7) is 1.43. The summed E-state index contributed by atoms with van der Waals surface area (Å²) in [4.78, 5) is 29.7. The molecule has 7 nitrogen and oxygen atoms in total. The predicted octanol–water partition coefficient (Wildman–Crippen LogP) is 3.74. The molecule has 4 aromatic rings. The normalized spacial score (nSPS) is 10.7. The van der Waals surface area contributed by atoms with Crippen molar-refractivity contribution in [1.29, 1.82) is 0 Å². The number of ether oxygens (including phenoxy) is 1. The number of amides is 1. The van der Waals surface area contributed by atoms with Crippen LogP contribution in [-0.2, 0) is 16.6 Å². The number of fused-ring (bicyclic) bond motifs is 1. The molecular formula is C23H20N4O3. The Hall–Kier alpha value is -4.00. The van der Waals surface area contributed by atoms with Crippen LogP contribution in [0.5, 0.6) is 0 Å². The van der Waals surface area contributed by atoms with Crippen molar-refractivity contribution in [2.75, 3.05) is 11.9 Å². The van der Waals surface area contributed by atoms with Crippen molar-refractivity contribution in [1.82, 2.24) is 14.8 Å². The van der Waals surface area contributed by atoms with Crippen molar-refractivity contribution >= 4 is 28.6 Å². The number of pyridine rings is 1. The molecule has 0 saturated carbocycles. The molecule has 0 radical (unpaired) electrons. The second-order valence-corrected chi connectivity index (χ2v) is 6.86. The van der Waals surface area contributed by atoms with Crippen LogP contribution in [0.4, 0.5) is 5.82 Å². The van der Waals surface area contributed by atoms with E-state index in [1.807, 2.05) is 61.5 Å². The summed E-state index contributed by atoms with van der Waals surface area (Å²) in [5.41, 5.74) is 3.38. The number of carbonyl (C=O) groups is 2. The van der Waals surface area contributed by atoms with Crippen LogP contribution in [0.1, 0.15) is 16.1 Å². The van der Waals surface area contributed by atoms with Gasteiger partial charge < -0.3 is 10.1 Å². The molecule has 0 unspecified atom stereocenters. The van der Waals surface area contributed by atoms with Gasteiger partial charge in [0, 0.05) is 24.1 Å². The quantitative estimate of drug-likeness (QED) is 0.516. The topological polar surface area (TPSA) is 86.1 Å². The Balaban J connectivity index is 1.56. The second-order valence-electron chi connectivity index (χ2n) is 6.86. The Morgan fingerprint density at radius 3 is 2.50 bits per heavy atom. The van der Waals surface area contributed by atoms with Gasteiger partial charge in [0.25, 0.3) is 5.91 Å². The average Bonchev–Trinajstić information content (AvgIpc) is 3.08. The third-order valence-corrected chi connectivity index (χ3v) is 4.61. The lowest BCUT2D eigenvalue weighted by Gasteiger charge is -2.10. The lowest BCUT2D eigenvalue weighted by molar-refractivity contribution is -0.119. The molecular weight excluding hydrogens is 380 g/mol. The molecule has 0 fully saturated rings. The van der Waals surface area contributed by atoms with Crippen molar-refractivity contribution in [2.24, 2.45) is 7.05 Å². The number of aryl methyl sites for hydroxylation is 2. The molecule has 0 spiro atoms. The first-order valence-electron chi connectivity index (χ1n) is 9.44. The number of benzene rings is 2. The van der Waals surface area contributed by atoms with E-state index < -0.39 is 18.5 Å². The Kier molecular flexibility index (Phi) is 5.26. The van der Waals surface area contributed by atoms with Gasteiger partial charge in [0.05, 0.1) is 22.5 Å². The predicted molar refractivity (Wildman–Crippen MR) is 114 cm³/mol. The van der Waals surface area contributed by atoms with Crippen LogP contribution in [0.15, 0.2) is 66.7 Å². The van der Waals surface area contributed by atoms with Crippen LogP contribution < -0.4 is 5.32 Å². The first-order valence-corrected chi connectivity index (χ1v) is 9.44. The summed E-state index contributed by atoms with van der Waals surface area (Å²) in [5, 5.41) is 7.52. The summed E-state index contributed by atoms with van der Waals surface area (Å²) in [6.07, 6.45) is 0. The van der Waals surface area contributed by atoms with Crippen molar-refractivity contribution in [2.45, 2.75) is 6.92 Å². The van der Waals surface area contributed by atoms with E-state index >= 15 is 0 Å². The van der Waals surface area contributed by atoms with Gasteiger partial charge in [-0.25, -0.2) is 9.78 Å². The van der Waals surface area contributed by atoms with Crippen molar-refractivity contribution in [3.8, 4) is 11.3 Å². The first-order chi connectivity index (χ1) is 14.5. The minimum absolute atomic E-state index is 0.364. The van der Waals surface area contributed by atoms with Gasteiger partial charge in [-0.05, 0) is 19.1 Å². The summed E-state index contributed by atoms with van der Waals surface area (Å²) < 4.78 is 6.85. The number of rotatable bonds is 5. The van der Waals surface area contributed by atoms with E-state index in [9.17, 15) is 9.59 Å². The van der Waals surface area contributed by atoms with Crippen LogP contribution in [0, 0.1) is 6.92 Å². The number of hydrogen-bond acceptors (Lipinski definition) is 5. The molecule has 7 heteroatoms. The largest absolute Gasteiger partial charge is 0.452 e. The molecule has 1 amide bonds. The van der Waals surface area contributed by atoms with Crippen LogP contribution in [-0.4, -0.2) is 33.2 Å². The highest BCUT2D eigenvalue weighted by atomic mass is 16.5. The number of anilines is 1. The number of carbonyl (C=O) groups excluding carboxylic acids is 2. The molecule has 4 rings (SSSR count). The van der Waals surface area contributed by atoms with Crippen molar-refractivity contribution in [3.63, 3.8) is 0 Å². The van der Waals surface area contributed by atoms with Crippen LogP contribution >= 0.6 is 0 Å². The minimum Gasteiger partial charge on any atom is -0.452 e. The molecule has 0 atom stereocenters. The number of para-hydroxylation sites is 1. The lowest BCUT2D eigenvalue weighted by Crippen LogP contribution is -2.22. The summed E-state index contributed by atoms with van der Waals surface area (Å²) in [6, 6.07) is 20.4. The molecule has 0 saturated heterocycles. The molecule has 0 aliphatic carbocycles. The summed E-state index contributed by atoms with van der Waals surface area (Å²) >= 11 is 0. The van der Waals surface area contributed by atoms with Gasteiger partial charge in [-0.15, -0.1) is 0 Å². The van der Waals surface area contributed by atoms with Crippen molar-refractivity contribution < 1.29 is 14.3 Å². The molecule has 2 aromatic carbocycles. The second kappa shape index (κ2) is 8.16. The SMILES string of the molecule is Cc1cc(NC(=O)COC(=O)c2cc(-c3ccccc3)nc3ccccc23)n(C)n1. The van der Waals surface area contributed by atoms with Gasteiger partial charge in [0.1, 0.15) is 5.82 Å². The number of hydrogen-bond donors (Lipinski definition) is 1. The fourth-order valence-corrected chi connectivity index (χ4v) is 3.22. The maximum atomic E-state index is 12.8. The van der Waals surface area contributed by atoms with E-state index in [1.165, 1.54) is 0 Å². The molecule has 0 bridgehead atoms. The third-order valence-electron chi connectivity index (χ3n) is 4.61. The first kappa shape index (κ1) is 19.3. The molecule has 2 aromatic heterocycles. The van der Waals surface area contributed by atoms with Gasteiger partial charge in [-0.3, -0.25) is 9.48 Å². The molecule has 0 aliphatic heterocycles. The van der Waals surface area contributed by atoms with Crippen LogP contribution in [0.25, 0.3) is 22.2 Å². The maximum absolute atomic E-state index is 12.8. The lowest BCUT2D eigenvalue weighted by atomic mass is 10.0. The maximum Gasteiger partial charge on any atom is 0.339 e. The van der Waals surface area contributed by atoms with E-state index in [0.29, 0.717) is 28.0 Å². The molecule has 1 N–H and O–H groups in total. The Bertz CT molecular complexity index is 1230. The highest BCUT2D eigenvalue weighted by Gasteiger charge is 2.17. The number of esters is 1. The van der Waals surface area contributed by atoms with Crippen LogP contribution in [0.3, 0.4) is 0 Å². The Labute approximate surface area is 173 Å². The fourth-order valence-electron chi connectivity index (χ4n) is 3.22. The van der Waals surface area contributed by atoms with Crippen LogP contribution in [0.2, 0.25) is 0 Å². The summed E-state index contributed by atoms with van der Waals surface area (Å²) in [5.74, 6) is -0.482. The van der Waals surface area contributed by atoms with E-state index in [-0.39, 0.29) is 0 Å². The smallest absolute Gasteiger partial charge is 0.339 e. The van der Waals surface area contributed by atoms with Gasteiger partial charge in [0.2, 0.25) is 0 Å². The highest BCUT2D eigenvalue weighted by molar-refractivity contribution is 6.05. The van der Waals surface area contributed by atoms with E-state index in [4.69, 9.17) is 4.74 Å². The van der Waals surface area contributed by atoms with Gasteiger partial charge in [-0.2, -0.15) is 5.10 Å². The van der Waals surface area contributed by atoms with E-state index in [0.717, 1.165) is 11.3 Å². The minimum atomic E-state index is -0.581. The molecule has 2 heterocycles. The Morgan fingerprint density at radius 1 is 1.03 bits per heavy atom. The number of nitrogens with one attached hydrogen (secondary N) is 1. The third kappa shape index (κ3) is 4.05. The Morgan fingerprint density at radius 2 is 1.77 bits per heavy atom. The molecule has 0 aliphatic rings. The van der Waals surface area contributed by atoms with Crippen molar-refractivity contribution in [3.05, 3.63) is 78.0 Å². The number of nitrogens with zero attached hydrogens (tertiary/aromatic N) is 3. The zero-order chi connectivity index (χ0) is 21.1. The van der Waals surface area contributed by atoms with E-state index in [2.05, 4.69) is 15.4 Å². The van der Waals surface area contributed by atoms with Gasteiger partial charge >= 0.3 is 5.97 Å². The average molecular weight is 400 g/mol. The standard InChI is InChI=1S/C23H20N4O3/c1-15-12-21(27(2)26-15)25-22(28)14-30-23(29)18-13-20(16-8-4-3-5-9-16)24-19-11-7-6-10-17(18)19/h3-13H,14H2,1-2H3,(H,25,28). The fraction of sp³-hybridized carbons (Fsp3) is 0.130. The molecule has 30 heavy (non-hydrogen) atoms.